The van der Waals surface area contributed by atoms with E-state index in [1.54, 1.807) is 30.0 Å². The summed E-state index contributed by atoms with van der Waals surface area (Å²) in [4.78, 5) is 27.5. The lowest BCUT2D eigenvalue weighted by atomic mass is 10.0. The van der Waals surface area contributed by atoms with Crippen molar-refractivity contribution in [3.8, 4) is 0 Å². The number of halogens is 1. The van der Waals surface area contributed by atoms with Crippen molar-refractivity contribution in [1.82, 2.24) is 4.90 Å². The van der Waals surface area contributed by atoms with Crippen molar-refractivity contribution in [3.05, 3.63) is 28.8 Å². The van der Waals surface area contributed by atoms with Gasteiger partial charge in [-0.1, -0.05) is 17.7 Å². The highest BCUT2D eigenvalue weighted by Gasteiger charge is 2.59. The van der Waals surface area contributed by atoms with Gasteiger partial charge in [0.2, 0.25) is 11.8 Å². The highest BCUT2D eigenvalue weighted by Crippen LogP contribution is 2.49. The minimum atomic E-state index is -3.10. The largest absolute Gasteiger partial charge is 0.338 e. The van der Waals surface area contributed by atoms with Gasteiger partial charge >= 0.3 is 0 Å². The first-order valence-electron chi connectivity index (χ1n) is 8.78. The zero-order valence-electron chi connectivity index (χ0n) is 14.9. The summed E-state index contributed by atoms with van der Waals surface area (Å²) in [7, 11) is -3.10. The van der Waals surface area contributed by atoms with Crippen molar-refractivity contribution in [1.29, 1.82) is 0 Å². The van der Waals surface area contributed by atoms with E-state index in [0.717, 1.165) is 5.56 Å². The van der Waals surface area contributed by atoms with E-state index >= 15 is 0 Å². The van der Waals surface area contributed by atoms with Crippen molar-refractivity contribution in [2.24, 2.45) is 5.41 Å². The molecule has 2 fully saturated rings. The molecule has 6 nitrogen and oxygen atoms in total. The topological polar surface area (TPSA) is 83.6 Å². The Bertz CT molecular complexity index is 849. The molecule has 0 bridgehead atoms. The lowest BCUT2D eigenvalue weighted by Gasteiger charge is -2.30. The molecule has 1 aliphatic carbocycles. The summed E-state index contributed by atoms with van der Waals surface area (Å²) >= 11 is 6.09. The van der Waals surface area contributed by atoms with Crippen molar-refractivity contribution < 1.29 is 18.0 Å². The third-order valence-electron chi connectivity index (χ3n) is 5.36. The number of hydrogen-bond donors (Lipinski definition) is 1. The fourth-order valence-corrected chi connectivity index (χ4v) is 5.42. The van der Waals surface area contributed by atoms with Gasteiger partial charge in [0.1, 0.15) is 5.41 Å². The van der Waals surface area contributed by atoms with Crippen LogP contribution in [0.1, 0.15) is 31.7 Å². The van der Waals surface area contributed by atoms with E-state index in [4.69, 9.17) is 11.6 Å². The van der Waals surface area contributed by atoms with E-state index < -0.39 is 15.3 Å². The molecular formula is C18H23ClN2O4S. The number of carbonyl (C=O) groups is 2. The lowest BCUT2D eigenvalue weighted by Crippen LogP contribution is -2.48. The maximum atomic E-state index is 13.1. The summed E-state index contributed by atoms with van der Waals surface area (Å²) in [6.45, 7) is 4.02. The van der Waals surface area contributed by atoms with Crippen molar-refractivity contribution >= 4 is 38.9 Å². The third kappa shape index (κ3) is 3.47. The minimum absolute atomic E-state index is 0.0162. The Morgan fingerprint density at radius 1 is 1.35 bits per heavy atom. The Balaban J connectivity index is 1.77. The number of sulfone groups is 1. The molecule has 142 valence electrons. The Hall–Kier alpha value is -1.60. The second-order valence-corrected chi connectivity index (χ2v) is 9.73. The zero-order valence-corrected chi connectivity index (χ0v) is 16.5. The van der Waals surface area contributed by atoms with Crippen molar-refractivity contribution in [2.75, 3.05) is 23.4 Å². The highest BCUT2D eigenvalue weighted by atomic mass is 35.5. The van der Waals surface area contributed by atoms with E-state index in [2.05, 4.69) is 5.32 Å². The minimum Gasteiger partial charge on any atom is -0.338 e. The first-order chi connectivity index (χ1) is 12.2. The van der Waals surface area contributed by atoms with Gasteiger partial charge in [-0.3, -0.25) is 9.59 Å². The van der Waals surface area contributed by atoms with Gasteiger partial charge in [0, 0.05) is 23.3 Å². The summed E-state index contributed by atoms with van der Waals surface area (Å²) in [6.07, 6.45) is 1.40. The van der Waals surface area contributed by atoms with Gasteiger partial charge in [0.15, 0.2) is 9.84 Å². The number of nitrogens with zero attached hydrogens (tertiary/aromatic N) is 1. The van der Waals surface area contributed by atoms with Gasteiger partial charge in [-0.05, 0) is 50.8 Å². The lowest BCUT2D eigenvalue weighted by molar-refractivity contribution is -0.143. The van der Waals surface area contributed by atoms with Crippen LogP contribution < -0.4 is 5.32 Å². The van der Waals surface area contributed by atoms with E-state index in [9.17, 15) is 18.0 Å². The molecule has 1 aromatic rings. The summed E-state index contributed by atoms with van der Waals surface area (Å²) in [5.74, 6) is -0.522. The number of anilines is 1. The van der Waals surface area contributed by atoms with Crippen LogP contribution in [-0.2, 0) is 19.4 Å². The molecule has 2 aliphatic rings. The molecule has 0 radical (unpaired) electrons. The Morgan fingerprint density at radius 3 is 2.58 bits per heavy atom. The van der Waals surface area contributed by atoms with Crippen LogP contribution in [0.2, 0.25) is 5.02 Å². The van der Waals surface area contributed by atoms with Crippen molar-refractivity contribution in [3.63, 3.8) is 0 Å². The first kappa shape index (κ1) is 19.2. The monoisotopic (exact) mass is 398 g/mol. The predicted molar refractivity (Wildman–Crippen MR) is 101 cm³/mol. The van der Waals surface area contributed by atoms with Gasteiger partial charge in [-0.15, -0.1) is 0 Å². The average Bonchev–Trinajstić information content (AvgIpc) is 3.32. The van der Waals surface area contributed by atoms with Crippen LogP contribution in [0.3, 0.4) is 0 Å². The second kappa shape index (κ2) is 6.85. The SMILES string of the molecule is CCN(C(=O)C1(C(=O)Nc2cccc(Cl)c2C)CC1)C1CCS(=O)(=O)C1. The van der Waals surface area contributed by atoms with Gasteiger partial charge in [-0.25, -0.2) is 8.42 Å². The molecule has 1 aromatic carbocycles. The van der Waals surface area contributed by atoms with E-state index in [1.165, 1.54) is 0 Å². The number of amides is 2. The fourth-order valence-electron chi connectivity index (χ4n) is 3.51. The summed E-state index contributed by atoms with van der Waals surface area (Å²) < 4.78 is 23.5. The number of rotatable bonds is 5. The first-order valence-corrected chi connectivity index (χ1v) is 11.0. The normalized spacial score (nSPS) is 22.7. The smallest absolute Gasteiger partial charge is 0.240 e. The molecule has 8 heteroatoms. The quantitative estimate of drug-likeness (QED) is 0.772. The Kier molecular flexibility index (Phi) is 5.05. The molecule has 1 aliphatic heterocycles. The number of hydrogen-bond acceptors (Lipinski definition) is 4. The van der Waals surface area contributed by atoms with Gasteiger partial charge in [0.25, 0.3) is 0 Å². The van der Waals surface area contributed by atoms with Crippen molar-refractivity contribution in [2.45, 2.75) is 39.2 Å². The van der Waals surface area contributed by atoms with Crippen LogP contribution in [0.4, 0.5) is 5.69 Å². The summed E-state index contributed by atoms with van der Waals surface area (Å²) in [6, 6.07) is 4.90. The van der Waals surface area contributed by atoms with E-state index in [1.807, 2.05) is 6.92 Å². The standard InChI is InChI=1S/C18H23ClN2O4S/c1-3-21(13-7-10-26(24,25)11-13)17(23)18(8-9-18)16(22)20-15-6-4-5-14(19)12(15)2/h4-6,13H,3,7-11H2,1-2H3,(H,20,22). The van der Waals surface area contributed by atoms with E-state index in [-0.39, 0.29) is 29.4 Å². The molecule has 3 rings (SSSR count). The van der Waals surface area contributed by atoms with Crippen LogP contribution in [0.15, 0.2) is 18.2 Å². The summed E-state index contributed by atoms with van der Waals surface area (Å²) in [5.41, 5.74) is 0.255. The molecule has 1 N–H and O–H groups in total. The van der Waals surface area contributed by atoms with Crippen LogP contribution >= 0.6 is 11.6 Å². The molecule has 26 heavy (non-hydrogen) atoms. The highest BCUT2D eigenvalue weighted by molar-refractivity contribution is 7.91. The number of nitrogens with one attached hydrogen (secondary N) is 1. The molecule has 2 amide bonds. The molecule has 1 unspecified atom stereocenters. The number of carbonyl (C=O) groups excluding carboxylic acids is 2. The number of benzene rings is 1. The van der Waals surface area contributed by atoms with Gasteiger partial charge in [0.05, 0.1) is 11.5 Å². The van der Waals surface area contributed by atoms with Crippen LogP contribution in [-0.4, -0.2) is 49.2 Å². The molecule has 1 atom stereocenters. The maximum absolute atomic E-state index is 13.1. The van der Waals surface area contributed by atoms with Gasteiger partial charge < -0.3 is 10.2 Å². The molecule has 1 saturated heterocycles. The zero-order chi connectivity index (χ0) is 19.1. The molecule has 1 heterocycles. The molecular weight excluding hydrogens is 376 g/mol. The predicted octanol–water partition coefficient (Wildman–Crippen LogP) is 2.40. The maximum Gasteiger partial charge on any atom is 0.240 e. The van der Waals surface area contributed by atoms with Crippen LogP contribution in [0.25, 0.3) is 0 Å². The molecule has 0 spiro atoms. The third-order valence-corrected chi connectivity index (χ3v) is 7.52. The van der Waals surface area contributed by atoms with Crippen LogP contribution in [0, 0.1) is 12.3 Å². The Labute approximate surface area is 158 Å². The molecule has 0 aromatic heterocycles. The fraction of sp³-hybridized carbons (Fsp3) is 0.556. The average molecular weight is 399 g/mol. The second-order valence-electron chi connectivity index (χ2n) is 7.10. The molecule has 1 saturated carbocycles. The van der Waals surface area contributed by atoms with Gasteiger partial charge in [-0.2, -0.15) is 0 Å². The summed E-state index contributed by atoms with van der Waals surface area (Å²) in [5, 5.41) is 3.38. The van der Waals surface area contributed by atoms with Crippen LogP contribution in [0.5, 0.6) is 0 Å². The Morgan fingerprint density at radius 2 is 2.04 bits per heavy atom. The van der Waals surface area contributed by atoms with E-state index in [0.29, 0.717) is 36.5 Å².